The van der Waals surface area contributed by atoms with Crippen LogP contribution in [0.2, 0.25) is 0 Å². The number of nitrogens with zero attached hydrogens (tertiary/aromatic N) is 1. The number of hydrogen-bond donors (Lipinski definition) is 0. The smallest absolute Gasteiger partial charge is 0.309 e. The van der Waals surface area contributed by atoms with Gasteiger partial charge in [-0.1, -0.05) is 18.2 Å². The van der Waals surface area contributed by atoms with Crippen LogP contribution >= 0.6 is 0 Å². The molecule has 1 heterocycles. The molecule has 2 aromatic carbocycles. The molecule has 0 N–H and O–H groups in total. The van der Waals surface area contributed by atoms with Crippen molar-refractivity contribution in [2.24, 2.45) is 0 Å². The fourth-order valence-corrected chi connectivity index (χ4v) is 3.28. The summed E-state index contributed by atoms with van der Waals surface area (Å²) in [6.45, 7) is 4.44. The number of hydrogen-bond acceptors (Lipinski definition) is 5. The maximum Gasteiger partial charge on any atom is 0.309 e. The van der Waals surface area contributed by atoms with E-state index in [0.717, 1.165) is 23.4 Å². The number of para-hydroxylation sites is 1. The van der Waals surface area contributed by atoms with Gasteiger partial charge in [0.05, 0.1) is 19.6 Å². The first kappa shape index (κ1) is 19.7. The lowest BCUT2D eigenvalue weighted by Crippen LogP contribution is -2.38. The van der Waals surface area contributed by atoms with Gasteiger partial charge in [-0.2, -0.15) is 0 Å². The van der Waals surface area contributed by atoms with E-state index < -0.39 is 5.97 Å². The van der Waals surface area contributed by atoms with E-state index >= 15 is 0 Å². The summed E-state index contributed by atoms with van der Waals surface area (Å²) in [4.78, 5) is 26.1. The average molecular weight is 383 g/mol. The fraction of sp³-hybridized carbons (Fsp3) is 0.364. The lowest BCUT2D eigenvalue weighted by Gasteiger charge is -2.22. The summed E-state index contributed by atoms with van der Waals surface area (Å²) >= 11 is 0. The van der Waals surface area contributed by atoms with Crippen LogP contribution in [0.1, 0.15) is 25.8 Å². The van der Waals surface area contributed by atoms with Crippen LogP contribution in [0.5, 0.6) is 11.5 Å². The lowest BCUT2D eigenvalue weighted by molar-refractivity contribution is -0.148. The molecular weight excluding hydrogens is 358 g/mol. The van der Waals surface area contributed by atoms with Crippen molar-refractivity contribution in [2.45, 2.75) is 32.7 Å². The van der Waals surface area contributed by atoms with Crippen molar-refractivity contribution in [3.05, 3.63) is 54.1 Å². The molecule has 0 radical (unpaired) electrons. The molecule has 0 aromatic heterocycles. The summed E-state index contributed by atoms with van der Waals surface area (Å²) in [6.07, 6.45) is 0.887. The predicted molar refractivity (Wildman–Crippen MR) is 106 cm³/mol. The molecular formula is C22H25NO5. The molecule has 0 aliphatic carbocycles. The van der Waals surface area contributed by atoms with Crippen LogP contribution in [0, 0.1) is 0 Å². The summed E-state index contributed by atoms with van der Waals surface area (Å²) in [7, 11) is 0. The first-order valence-corrected chi connectivity index (χ1v) is 9.49. The molecule has 1 unspecified atom stereocenters. The normalized spacial score (nSPS) is 15.1. The molecule has 0 saturated carbocycles. The third-order valence-electron chi connectivity index (χ3n) is 4.54. The molecule has 0 bridgehead atoms. The maximum atomic E-state index is 12.5. The van der Waals surface area contributed by atoms with Crippen molar-refractivity contribution in [3.63, 3.8) is 0 Å². The number of carbonyl (C=O) groups is 2. The molecule has 3 rings (SSSR count). The average Bonchev–Trinajstić information content (AvgIpc) is 3.03. The largest absolute Gasteiger partial charge is 0.494 e. The number of amides is 1. The molecule has 6 heteroatoms. The van der Waals surface area contributed by atoms with Crippen LogP contribution in [0.4, 0.5) is 5.69 Å². The van der Waals surface area contributed by atoms with E-state index in [0.29, 0.717) is 12.4 Å². The summed E-state index contributed by atoms with van der Waals surface area (Å²) in [5, 5.41) is 0. The highest BCUT2D eigenvalue weighted by Crippen LogP contribution is 2.31. The van der Waals surface area contributed by atoms with E-state index in [9.17, 15) is 9.59 Å². The fourth-order valence-electron chi connectivity index (χ4n) is 3.28. The van der Waals surface area contributed by atoms with Crippen LogP contribution in [0.15, 0.2) is 48.5 Å². The minimum absolute atomic E-state index is 0.0617. The number of ether oxygens (including phenoxy) is 3. The SMILES string of the molecule is CCOc1ccc(OCCC(=O)OCC(=O)N2c3ccccc3CC2C)cc1. The van der Waals surface area contributed by atoms with E-state index in [4.69, 9.17) is 14.2 Å². The number of esters is 1. The summed E-state index contributed by atoms with van der Waals surface area (Å²) in [5.41, 5.74) is 2.04. The Morgan fingerprint density at radius 2 is 1.71 bits per heavy atom. The van der Waals surface area contributed by atoms with Gasteiger partial charge in [0.15, 0.2) is 6.61 Å². The van der Waals surface area contributed by atoms with Crippen molar-refractivity contribution in [2.75, 3.05) is 24.7 Å². The molecule has 1 atom stereocenters. The van der Waals surface area contributed by atoms with Gasteiger partial charge in [0.25, 0.3) is 5.91 Å². The highest BCUT2D eigenvalue weighted by atomic mass is 16.5. The summed E-state index contributed by atoms with van der Waals surface area (Å²) < 4.78 is 16.0. The molecule has 1 aliphatic rings. The zero-order chi connectivity index (χ0) is 19.9. The minimum Gasteiger partial charge on any atom is -0.494 e. The third kappa shape index (κ3) is 4.82. The van der Waals surface area contributed by atoms with Crippen LogP contribution in [0.3, 0.4) is 0 Å². The zero-order valence-electron chi connectivity index (χ0n) is 16.2. The van der Waals surface area contributed by atoms with Gasteiger partial charge < -0.3 is 19.1 Å². The molecule has 28 heavy (non-hydrogen) atoms. The maximum absolute atomic E-state index is 12.5. The predicted octanol–water partition coefficient (Wildman–Crippen LogP) is 3.38. The standard InChI is InChI=1S/C22H25NO5/c1-3-26-18-8-10-19(11-9-18)27-13-12-22(25)28-15-21(24)23-16(2)14-17-6-4-5-7-20(17)23/h4-11,16H,3,12-15H2,1-2H3. The van der Waals surface area contributed by atoms with Gasteiger partial charge in [-0.25, -0.2) is 0 Å². The van der Waals surface area contributed by atoms with Gasteiger partial charge in [-0.05, 0) is 56.2 Å². The zero-order valence-corrected chi connectivity index (χ0v) is 16.2. The molecule has 0 fully saturated rings. The Morgan fingerprint density at radius 3 is 2.43 bits per heavy atom. The van der Waals surface area contributed by atoms with Gasteiger partial charge in [0.1, 0.15) is 11.5 Å². The molecule has 6 nitrogen and oxygen atoms in total. The van der Waals surface area contributed by atoms with Crippen molar-refractivity contribution in [1.29, 1.82) is 0 Å². The van der Waals surface area contributed by atoms with E-state index in [2.05, 4.69) is 0 Å². The molecule has 1 aliphatic heterocycles. The Labute approximate surface area is 165 Å². The van der Waals surface area contributed by atoms with Crippen LogP contribution < -0.4 is 14.4 Å². The Kier molecular flexibility index (Phi) is 6.53. The number of benzene rings is 2. The minimum atomic E-state index is -0.459. The number of fused-ring (bicyclic) bond motifs is 1. The number of anilines is 1. The lowest BCUT2D eigenvalue weighted by atomic mass is 10.1. The van der Waals surface area contributed by atoms with Crippen LogP contribution in [-0.4, -0.2) is 37.7 Å². The molecule has 0 saturated heterocycles. The highest BCUT2D eigenvalue weighted by molar-refractivity contribution is 5.97. The summed E-state index contributed by atoms with van der Waals surface area (Å²) in [5.74, 6) is 0.748. The second-order valence-corrected chi connectivity index (χ2v) is 6.61. The molecule has 1 amide bonds. The van der Waals surface area contributed by atoms with Crippen molar-refractivity contribution < 1.29 is 23.8 Å². The molecule has 148 valence electrons. The number of carbonyl (C=O) groups excluding carboxylic acids is 2. The van der Waals surface area contributed by atoms with Crippen LogP contribution in [0.25, 0.3) is 0 Å². The highest BCUT2D eigenvalue weighted by Gasteiger charge is 2.30. The van der Waals surface area contributed by atoms with E-state index in [1.807, 2.05) is 50.2 Å². The van der Waals surface area contributed by atoms with Crippen LogP contribution in [-0.2, 0) is 20.7 Å². The first-order valence-electron chi connectivity index (χ1n) is 9.49. The van der Waals surface area contributed by atoms with Gasteiger partial charge in [-0.15, -0.1) is 0 Å². The van der Waals surface area contributed by atoms with Crippen molar-refractivity contribution in [1.82, 2.24) is 0 Å². The van der Waals surface area contributed by atoms with E-state index in [1.165, 1.54) is 0 Å². The van der Waals surface area contributed by atoms with Gasteiger partial charge in [0, 0.05) is 11.7 Å². The van der Waals surface area contributed by atoms with Gasteiger partial charge in [-0.3, -0.25) is 9.59 Å². The van der Waals surface area contributed by atoms with Gasteiger partial charge >= 0.3 is 5.97 Å². The Bertz CT molecular complexity index is 818. The number of rotatable bonds is 8. The monoisotopic (exact) mass is 383 g/mol. The van der Waals surface area contributed by atoms with Crippen molar-refractivity contribution >= 4 is 17.6 Å². The van der Waals surface area contributed by atoms with E-state index in [1.54, 1.807) is 17.0 Å². The quantitative estimate of drug-likeness (QED) is 0.654. The molecule has 0 spiro atoms. The Balaban J connectivity index is 1.41. The topological polar surface area (TPSA) is 65.1 Å². The van der Waals surface area contributed by atoms with Gasteiger partial charge in [0.2, 0.25) is 0 Å². The Hall–Kier alpha value is -3.02. The summed E-state index contributed by atoms with van der Waals surface area (Å²) in [6, 6.07) is 15.1. The van der Waals surface area contributed by atoms with Crippen molar-refractivity contribution in [3.8, 4) is 11.5 Å². The second-order valence-electron chi connectivity index (χ2n) is 6.61. The third-order valence-corrected chi connectivity index (χ3v) is 4.54. The second kappa shape index (κ2) is 9.26. The first-order chi connectivity index (χ1) is 13.6. The Morgan fingerprint density at radius 1 is 1.04 bits per heavy atom. The van der Waals surface area contributed by atoms with E-state index in [-0.39, 0.29) is 31.6 Å². The molecule has 2 aromatic rings.